The molecule has 8 nitrogen and oxygen atoms in total. The van der Waals surface area contributed by atoms with Crippen molar-refractivity contribution in [3.63, 3.8) is 0 Å². The van der Waals surface area contributed by atoms with Crippen LogP contribution in [0.3, 0.4) is 0 Å². The number of carboxylic acid groups (broad SMARTS) is 1. The van der Waals surface area contributed by atoms with E-state index in [1.165, 1.54) is 12.1 Å². The highest BCUT2D eigenvalue weighted by Gasteiger charge is 2.33. The normalized spacial score (nSPS) is 13.6. The zero-order valence-electron chi connectivity index (χ0n) is 25.3. The molecule has 1 N–H and O–H groups in total. The molecule has 0 amide bonds. The van der Waals surface area contributed by atoms with Gasteiger partial charge in [-0.2, -0.15) is 8.78 Å². The van der Waals surface area contributed by atoms with Crippen molar-refractivity contribution in [2.45, 2.75) is 59.0 Å². The maximum atomic E-state index is 12.8. The number of alkyl halides is 2. The summed E-state index contributed by atoms with van der Waals surface area (Å²) in [5.74, 6) is 0.0411. The van der Waals surface area contributed by atoms with Crippen LogP contribution in [0.2, 0.25) is 0 Å². The Morgan fingerprint density at radius 1 is 1.07 bits per heavy atom. The predicted molar refractivity (Wildman–Crippen MR) is 165 cm³/mol. The fraction of sp³-hybridized carbons (Fsp3) is 0.286. The molecule has 1 unspecified atom stereocenters. The van der Waals surface area contributed by atoms with Crippen LogP contribution in [0.5, 0.6) is 17.4 Å². The van der Waals surface area contributed by atoms with Crippen LogP contribution in [0.25, 0.3) is 32.9 Å². The largest absolute Gasteiger partial charge is 0.493 e. The van der Waals surface area contributed by atoms with E-state index in [1.807, 2.05) is 58.0 Å². The molecule has 0 bridgehead atoms. The van der Waals surface area contributed by atoms with Crippen LogP contribution in [0.4, 0.5) is 8.78 Å². The standard InChI is InChI=1S/C35H32F2N2O6/c1-19-17-25-23(10-12-27(39-25)43-18-20-5-7-22(8-6-20)44-34(36)37)30(28(19)32(33(40)41)45-35(2,3)4)24-9-11-26-29-21(14-16-42-26)13-15-38-31(24)29/h5-13,15,17,32,34H,14,16,18H2,1-4H3,(H,40,41). The molecule has 5 aromatic rings. The molecule has 3 aromatic carbocycles. The van der Waals surface area contributed by atoms with E-state index < -0.39 is 24.3 Å². The van der Waals surface area contributed by atoms with Gasteiger partial charge in [0.25, 0.3) is 0 Å². The first-order valence-corrected chi connectivity index (χ1v) is 14.5. The number of aromatic nitrogens is 2. The summed E-state index contributed by atoms with van der Waals surface area (Å²) in [4.78, 5) is 22.3. The van der Waals surface area contributed by atoms with Gasteiger partial charge in [0.1, 0.15) is 18.1 Å². The Bertz CT molecular complexity index is 1890. The molecule has 1 aliphatic rings. The van der Waals surface area contributed by atoms with Crippen LogP contribution >= 0.6 is 0 Å². The Balaban J connectivity index is 1.48. The fourth-order valence-electron chi connectivity index (χ4n) is 5.73. The maximum Gasteiger partial charge on any atom is 0.387 e. The molecule has 232 valence electrons. The van der Waals surface area contributed by atoms with Crippen LogP contribution in [-0.4, -0.2) is 39.9 Å². The predicted octanol–water partition coefficient (Wildman–Crippen LogP) is 7.81. The van der Waals surface area contributed by atoms with Crippen molar-refractivity contribution in [1.29, 1.82) is 0 Å². The van der Waals surface area contributed by atoms with Crippen LogP contribution in [0, 0.1) is 6.92 Å². The minimum Gasteiger partial charge on any atom is -0.493 e. The van der Waals surface area contributed by atoms with E-state index in [4.69, 9.17) is 24.2 Å². The number of carbonyl (C=O) groups is 1. The molecule has 6 rings (SSSR count). The molecule has 0 aliphatic carbocycles. The van der Waals surface area contributed by atoms with Gasteiger partial charge in [-0.05, 0) is 92.4 Å². The third-order valence-electron chi connectivity index (χ3n) is 7.55. The first-order valence-electron chi connectivity index (χ1n) is 14.5. The lowest BCUT2D eigenvalue weighted by Crippen LogP contribution is -2.28. The molecule has 1 aliphatic heterocycles. The molecule has 3 heterocycles. The number of ether oxygens (including phenoxy) is 4. The molecular weight excluding hydrogens is 582 g/mol. The molecule has 0 radical (unpaired) electrons. The number of fused-ring (bicyclic) bond motifs is 1. The second-order valence-corrected chi connectivity index (χ2v) is 11.9. The average Bonchev–Trinajstić information content (AvgIpc) is 2.99. The van der Waals surface area contributed by atoms with E-state index in [-0.39, 0.29) is 12.4 Å². The third kappa shape index (κ3) is 6.23. The average molecular weight is 615 g/mol. The quantitative estimate of drug-likeness (QED) is 0.179. The lowest BCUT2D eigenvalue weighted by molar-refractivity contribution is -0.160. The van der Waals surface area contributed by atoms with Crippen LogP contribution in [-0.2, 0) is 22.6 Å². The molecule has 0 spiro atoms. The summed E-state index contributed by atoms with van der Waals surface area (Å²) in [5.41, 5.74) is 5.03. The van der Waals surface area contributed by atoms with Crippen molar-refractivity contribution in [3.05, 3.63) is 89.1 Å². The highest BCUT2D eigenvalue weighted by molar-refractivity contribution is 6.08. The van der Waals surface area contributed by atoms with E-state index in [1.54, 1.807) is 24.4 Å². The summed E-state index contributed by atoms with van der Waals surface area (Å²) < 4.78 is 47.5. The Hall–Kier alpha value is -4.83. The first-order chi connectivity index (χ1) is 21.5. The zero-order valence-corrected chi connectivity index (χ0v) is 25.3. The van der Waals surface area contributed by atoms with E-state index in [2.05, 4.69) is 4.74 Å². The van der Waals surface area contributed by atoms with Crippen molar-refractivity contribution in [2.75, 3.05) is 6.61 Å². The summed E-state index contributed by atoms with van der Waals surface area (Å²) in [6.07, 6.45) is 1.25. The van der Waals surface area contributed by atoms with Crippen LogP contribution < -0.4 is 14.2 Å². The fourth-order valence-corrected chi connectivity index (χ4v) is 5.73. The molecule has 10 heteroatoms. The lowest BCUT2D eigenvalue weighted by atomic mass is 9.86. The summed E-state index contributed by atoms with van der Waals surface area (Å²) in [6, 6.07) is 17.4. The van der Waals surface area contributed by atoms with Gasteiger partial charge < -0.3 is 24.1 Å². The zero-order chi connectivity index (χ0) is 31.9. The molecule has 45 heavy (non-hydrogen) atoms. The van der Waals surface area contributed by atoms with Crippen molar-refractivity contribution in [2.24, 2.45) is 0 Å². The molecule has 0 saturated carbocycles. The van der Waals surface area contributed by atoms with Gasteiger partial charge in [0.2, 0.25) is 5.88 Å². The molecule has 2 aromatic heterocycles. The number of rotatable bonds is 9. The minimum absolute atomic E-state index is 0.0613. The van der Waals surface area contributed by atoms with Crippen molar-refractivity contribution in [3.8, 4) is 28.5 Å². The number of hydrogen-bond acceptors (Lipinski definition) is 7. The summed E-state index contributed by atoms with van der Waals surface area (Å²) in [5, 5.41) is 12.1. The van der Waals surface area contributed by atoms with E-state index in [9.17, 15) is 18.7 Å². The topological polar surface area (TPSA) is 100 Å². The second kappa shape index (κ2) is 11.9. The Kier molecular flexibility index (Phi) is 8.01. The lowest BCUT2D eigenvalue weighted by Gasteiger charge is -2.29. The Morgan fingerprint density at radius 2 is 1.84 bits per heavy atom. The van der Waals surface area contributed by atoms with E-state index >= 15 is 0 Å². The highest BCUT2D eigenvalue weighted by atomic mass is 19.3. The number of halogens is 2. The van der Waals surface area contributed by atoms with Gasteiger partial charge in [0, 0.05) is 40.6 Å². The van der Waals surface area contributed by atoms with Crippen molar-refractivity contribution >= 4 is 27.8 Å². The van der Waals surface area contributed by atoms with Crippen molar-refractivity contribution < 1.29 is 37.6 Å². The van der Waals surface area contributed by atoms with Gasteiger partial charge in [-0.15, -0.1) is 0 Å². The van der Waals surface area contributed by atoms with Gasteiger partial charge in [-0.1, -0.05) is 12.1 Å². The monoisotopic (exact) mass is 614 g/mol. The van der Waals surface area contributed by atoms with Gasteiger partial charge in [0.15, 0.2) is 6.10 Å². The number of nitrogens with zero attached hydrogens (tertiary/aromatic N) is 2. The van der Waals surface area contributed by atoms with Crippen molar-refractivity contribution in [1.82, 2.24) is 9.97 Å². The third-order valence-corrected chi connectivity index (χ3v) is 7.55. The molecule has 1 atom stereocenters. The number of hydrogen-bond donors (Lipinski definition) is 1. The number of carboxylic acids is 1. The van der Waals surface area contributed by atoms with E-state index in [0.29, 0.717) is 45.6 Å². The Morgan fingerprint density at radius 3 is 2.56 bits per heavy atom. The summed E-state index contributed by atoms with van der Waals surface area (Å²) in [7, 11) is 0. The summed E-state index contributed by atoms with van der Waals surface area (Å²) >= 11 is 0. The maximum absolute atomic E-state index is 12.8. The summed E-state index contributed by atoms with van der Waals surface area (Å²) in [6.45, 7) is 5.15. The number of benzene rings is 3. The number of pyridine rings is 2. The van der Waals surface area contributed by atoms with Gasteiger partial charge in [0.05, 0.1) is 23.2 Å². The van der Waals surface area contributed by atoms with Gasteiger partial charge in [-0.25, -0.2) is 9.78 Å². The van der Waals surface area contributed by atoms with Crippen LogP contribution in [0.15, 0.2) is 66.9 Å². The molecular formula is C35H32F2N2O6. The van der Waals surface area contributed by atoms with Crippen LogP contribution in [0.1, 0.15) is 49.1 Å². The SMILES string of the molecule is Cc1cc2nc(OCc3ccc(OC(F)F)cc3)ccc2c(-c2ccc3c4c(ccnc24)CCO3)c1C(OC(C)(C)C)C(=O)O. The first kappa shape index (κ1) is 30.2. The minimum atomic E-state index is -2.90. The van der Waals surface area contributed by atoms with Gasteiger partial charge in [-0.3, -0.25) is 4.98 Å². The second-order valence-electron chi connectivity index (χ2n) is 11.9. The molecule has 0 saturated heterocycles. The highest BCUT2D eigenvalue weighted by Crippen LogP contribution is 2.45. The van der Waals surface area contributed by atoms with E-state index in [0.717, 1.165) is 34.2 Å². The number of aliphatic carboxylic acids is 1. The smallest absolute Gasteiger partial charge is 0.387 e. The Labute approximate surface area is 258 Å². The molecule has 0 fully saturated rings. The van der Waals surface area contributed by atoms with Gasteiger partial charge >= 0.3 is 12.6 Å². The number of aryl methyl sites for hydroxylation is 1.